The fourth-order valence-electron chi connectivity index (χ4n) is 1.48. The lowest BCUT2D eigenvalue weighted by Crippen LogP contribution is -2.31. The van der Waals surface area contributed by atoms with E-state index in [1.165, 1.54) is 0 Å². The Balaban J connectivity index is 4.54. The Morgan fingerprint density at radius 1 is 0.810 bits per heavy atom. The van der Waals surface area contributed by atoms with Crippen molar-refractivity contribution in [1.29, 1.82) is 0 Å². The van der Waals surface area contributed by atoms with Crippen molar-refractivity contribution in [2.24, 2.45) is 5.92 Å². The summed E-state index contributed by atoms with van der Waals surface area (Å²) in [7, 11) is 0. The molecular weight excluding hydrogens is 276 g/mol. The Bertz CT molecular complexity index is 304. The Hall–Kier alpha value is -1.59. The van der Waals surface area contributed by atoms with E-state index in [2.05, 4.69) is 0 Å². The number of rotatable bonds is 11. The zero-order chi connectivity index (χ0) is 16.1. The summed E-state index contributed by atoms with van der Waals surface area (Å²) in [4.78, 5) is 35.3. The first kappa shape index (κ1) is 19.4. The molecule has 21 heavy (non-hydrogen) atoms. The van der Waals surface area contributed by atoms with Gasteiger partial charge in [-0.1, -0.05) is 26.7 Å². The fourth-order valence-corrected chi connectivity index (χ4v) is 1.48. The highest BCUT2D eigenvalue weighted by atomic mass is 16.6. The zero-order valence-corrected chi connectivity index (χ0v) is 13.2. The van der Waals surface area contributed by atoms with Gasteiger partial charge in [-0.3, -0.25) is 14.4 Å². The molecule has 0 aromatic rings. The van der Waals surface area contributed by atoms with E-state index in [1.54, 1.807) is 6.92 Å². The monoisotopic (exact) mass is 302 g/mol. The standard InChI is InChI=1S/C15H26O6/c1-4-7-9-20-14(17)12(11-13(16)19-6-3)15(18)21-10-8-5-2/h12H,4-11H2,1-3H3. The third kappa shape index (κ3) is 9.05. The summed E-state index contributed by atoms with van der Waals surface area (Å²) in [6.07, 6.45) is 2.82. The molecule has 0 rings (SSSR count). The molecule has 0 aliphatic heterocycles. The van der Waals surface area contributed by atoms with Gasteiger partial charge in [-0.2, -0.15) is 0 Å². The molecule has 0 aliphatic rings. The summed E-state index contributed by atoms with van der Waals surface area (Å²) >= 11 is 0. The number of esters is 3. The molecule has 0 unspecified atom stereocenters. The minimum absolute atomic E-state index is 0.196. The van der Waals surface area contributed by atoms with Crippen LogP contribution < -0.4 is 0 Å². The lowest BCUT2D eigenvalue weighted by atomic mass is 10.1. The van der Waals surface area contributed by atoms with E-state index >= 15 is 0 Å². The predicted octanol–water partition coefficient (Wildman–Crippen LogP) is 2.24. The molecule has 0 amide bonds. The van der Waals surface area contributed by atoms with Crippen molar-refractivity contribution in [3.8, 4) is 0 Å². The molecule has 6 nitrogen and oxygen atoms in total. The molecule has 0 atom stereocenters. The van der Waals surface area contributed by atoms with E-state index < -0.39 is 23.8 Å². The van der Waals surface area contributed by atoms with E-state index in [9.17, 15) is 14.4 Å². The van der Waals surface area contributed by atoms with Gasteiger partial charge in [0.25, 0.3) is 0 Å². The van der Waals surface area contributed by atoms with Crippen LogP contribution in [0.4, 0.5) is 0 Å². The molecule has 0 fully saturated rings. The SMILES string of the molecule is CCCCOC(=O)C(CC(=O)OCC)C(=O)OCCCC. The van der Waals surface area contributed by atoms with Gasteiger partial charge in [0.05, 0.1) is 26.2 Å². The van der Waals surface area contributed by atoms with E-state index in [4.69, 9.17) is 14.2 Å². The van der Waals surface area contributed by atoms with Crippen molar-refractivity contribution in [3.63, 3.8) is 0 Å². The molecule has 0 spiro atoms. The van der Waals surface area contributed by atoms with Crippen LogP contribution >= 0.6 is 0 Å². The second kappa shape index (κ2) is 12.2. The van der Waals surface area contributed by atoms with Crippen molar-refractivity contribution in [2.45, 2.75) is 52.9 Å². The first-order chi connectivity index (χ1) is 10.1. The average Bonchev–Trinajstić information content (AvgIpc) is 2.45. The van der Waals surface area contributed by atoms with Crippen molar-refractivity contribution in [1.82, 2.24) is 0 Å². The van der Waals surface area contributed by atoms with Gasteiger partial charge < -0.3 is 14.2 Å². The summed E-state index contributed by atoms with van der Waals surface area (Å²) in [6, 6.07) is 0. The predicted molar refractivity (Wildman–Crippen MR) is 76.5 cm³/mol. The Labute approximate surface area is 126 Å². The molecule has 0 saturated carbocycles. The molecule has 0 radical (unpaired) electrons. The fraction of sp³-hybridized carbons (Fsp3) is 0.800. The van der Waals surface area contributed by atoms with Crippen LogP contribution in [0, 0.1) is 5.92 Å². The van der Waals surface area contributed by atoms with Crippen LogP contribution in [0.25, 0.3) is 0 Å². The molecular formula is C15H26O6. The van der Waals surface area contributed by atoms with Crippen molar-refractivity contribution in [3.05, 3.63) is 0 Å². The summed E-state index contributed by atoms with van der Waals surface area (Å²) in [5, 5.41) is 0. The molecule has 0 aliphatic carbocycles. The lowest BCUT2D eigenvalue weighted by molar-refractivity contribution is -0.166. The van der Waals surface area contributed by atoms with Gasteiger partial charge in [0.1, 0.15) is 0 Å². The third-order valence-corrected chi connectivity index (χ3v) is 2.73. The lowest BCUT2D eigenvalue weighted by Gasteiger charge is -2.14. The number of carbonyl (C=O) groups is 3. The van der Waals surface area contributed by atoms with E-state index in [0.717, 1.165) is 12.8 Å². The number of unbranched alkanes of at least 4 members (excludes halogenated alkanes) is 2. The first-order valence-electron chi connectivity index (χ1n) is 7.55. The summed E-state index contributed by atoms with van der Waals surface area (Å²) in [5.41, 5.74) is 0. The molecule has 0 heterocycles. The van der Waals surface area contributed by atoms with Gasteiger partial charge in [0, 0.05) is 0 Å². The van der Waals surface area contributed by atoms with Gasteiger partial charge in [0.15, 0.2) is 5.92 Å². The van der Waals surface area contributed by atoms with Crippen LogP contribution in [-0.4, -0.2) is 37.7 Å². The van der Waals surface area contributed by atoms with Gasteiger partial charge in [-0.05, 0) is 19.8 Å². The second-order valence-electron chi connectivity index (χ2n) is 4.60. The van der Waals surface area contributed by atoms with Gasteiger partial charge in [-0.15, -0.1) is 0 Å². The topological polar surface area (TPSA) is 78.9 Å². The van der Waals surface area contributed by atoms with E-state index in [-0.39, 0.29) is 26.2 Å². The van der Waals surface area contributed by atoms with Crippen LogP contribution in [0.3, 0.4) is 0 Å². The van der Waals surface area contributed by atoms with Crippen LogP contribution in [-0.2, 0) is 28.6 Å². The maximum absolute atomic E-state index is 11.9. The molecule has 122 valence electrons. The van der Waals surface area contributed by atoms with Crippen LogP contribution in [0.1, 0.15) is 52.9 Å². The van der Waals surface area contributed by atoms with Crippen molar-refractivity contribution < 1.29 is 28.6 Å². The maximum Gasteiger partial charge on any atom is 0.320 e. The normalized spacial score (nSPS) is 10.3. The average molecular weight is 302 g/mol. The largest absolute Gasteiger partial charge is 0.466 e. The zero-order valence-electron chi connectivity index (χ0n) is 13.2. The van der Waals surface area contributed by atoms with Crippen LogP contribution in [0.2, 0.25) is 0 Å². The van der Waals surface area contributed by atoms with Crippen molar-refractivity contribution >= 4 is 17.9 Å². The highest BCUT2D eigenvalue weighted by molar-refractivity contribution is 5.98. The molecule has 0 bridgehead atoms. The number of hydrogen-bond acceptors (Lipinski definition) is 6. The van der Waals surface area contributed by atoms with E-state index in [1.807, 2.05) is 13.8 Å². The number of ether oxygens (including phenoxy) is 3. The summed E-state index contributed by atoms with van der Waals surface area (Å²) in [5.74, 6) is -3.30. The minimum Gasteiger partial charge on any atom is -0.466 e. The van der Waals surface area contributed by atoms with Gasteiger partial charge in [0.2, 0.25) is 0 Å². The first-order valence-corrected chi connectivity index (χ1v) is 7.55. The van der Waals surface area contributed by atoms with Crippen molar-refractivity contribution in [2.75, 3.05) is 19.8 Å². The minimum atomic E-state index is -1.24. The second-order valence-corrected chi connectivity index (χ2v) is 4.60. The maximum atomic E-state index is 11.9. The van der Waals surface area contributed by atoms with Gasteiger partial charge >= 0.3 is 17.9 Å². The Morgan fingerprint density at radius 2 is 1.29 bits per heavy atom. The number of hydrogen-bond donors (Lipinski definition) is 0. The summed E-state index contributed by atoms with van der Waals surface area (Å²) < 4.78 is 14.8. The highest BCUT2D eigenvalue weighted by Gasteiger charge is 2.32. The van der Waals surface area contributed by atoms with Crippen LogP contribution in [0.15, 0.2) is 0 Å². The van der Waals surface area contributed by atoms with E-state index in [0.29, 0.717) is 12.8 Å². The highest BCUT2D eigenvalue weighted by Crippen LogP contribution is 2.11. The Kier molecular flexibility index (Phi) is 11.3. The molecule has 0 aromatic heterocycles. The smallest absolute Gasteiger partial charge is 0.320 e. The quantitative estimate of drug-likeness (QED) is 0.252. The molecule has 6 heteroatoms. The molecule has 0 aromatic carbocycles. The van der Waals surface area contributed by atoms with Gasteiger partial charge in [-0.25, -0.2) is 0 Å². The third-order valence-electron chi connectivity index (χ3n) is 2.73. The Morgan fingerprint density at radius 3 is 1.67 bits per heavy atom. The molecule has 0 saturated heterocycles. The molecule has 0 N–H and O–H groups in total. The van der Waals surface area contributed by atoms with Crippen LogP contribution in [0.5, 0.6) is 0 Å². The summed E-state index contributed by atoms with van der Waals surface area (Å²) in [6.45, 7) is 6.24. The number of carbonyl (C=O) groups excluding carboxylic acids is 3.